The first kappa shape index (κ1) is 63.8. The summed E-state index contributed by atoms with van der Waals surface area (Å²) in [6.07, 6.45) is 0. The molecule has 3 heterocycles. The molecule has 5 aromatic rings. The molecule has 3 saturated heterocycles. The Labute approximate surface area is 459 Å². The van der Waals surface area contributed by atoms with Gasteiger partial charge in [0.1, 0.15) is 9.79 Å². The zero-order valence-electron chi connectivity index (χ0n) is 37.7. The summed E-state index contributed by atoms with van der Waals surface area (Å²) in [6.45, 7) is 10.5. The first-order chi connectivity index (χ1) is 32.8. The number of sulfonamides is 2. The summed E-state index contributed by atoms with van der Waals surface area (Å²) in [5, 5.41) is 14.2. The molecule has 5 aromatic carbocycles. The number of anilines is 2. The number of nitrogens with two attached hydrogens (primary N) is 2. The van der Waals surface area contributed by atoms with E-state index in [1.54, 1.807) is 12.1 Å². The van der Waals surface area contributed by atoms with Crippen LogP contribution in [0.15, 0.2) is 128 Å². The summed E-state index contributed by atoms with van der Waals surface area (Å²) < 4.78 is 64.7. The molecule has 3 aliphatic rings. The van der Waals surface area contributed by atoms with E-state index < -0.39 is 26.0 Å². The summed E-state index contributed by atoms with van der Waals surface area (Å²) in [5.74, 6) is -0.802. The standard InChI is InChI=1S/C17H17ClN2O4S.C10H12BrNO.C9H11ClN2O4S.C6H4BrI.C4H9NO.2CH4/c18-15-6-3-13(11-16(15)25(19,22)23)17(21)12-1-4-14(5-2-12)20-7-9-24-10-8-20;11-9-1-3-10(4-2-9)12-5-7-13-8-6-12;1-12(16-2)9(13)6-3-4-7(10)8(5-6)17(11,14)15;7-5-1-3-6(8)4-2-5;1-3-6-4-2-5-1;;/h1-6,11H,7-10H2,(H2,19,22,23);1-4H,5-8H2;3-5H,1-2H3,(H2,11,14,15);1-4H;5H,1-4H2;2*1H4. The highest BCUT2D eigenvalue weighted by Crippen LogP contribution is 2.25. The Kier molecular flexibility index (Phi) is 28.9. The summed E-state index contributed by atoms with van der Waals surface area (Å²) in [4.78, 5) is 33.0. The zero-order chi connectivity index (χ0) is 50.6. The highest BCUT2D eigenvalue weighted by atomic mass is 127. The molecule has 0 aliphatic carbocycles. The van der Waals surface area contributed by atoms with Gasteiger partial charge in [-0.2, -0.15) is 0 Å². The number of amides is 1. The van der Waals surface area contributed by atoms with Crippen LogP contribution in [0.3, 0.4) is 0 Å². The summed E-state index contributed by atoms with van der Waals surface area (Å²) in [7, 11) is -5.25. The lowest BCUT2D eigenvalue weighted by atomic mass is 10.0. The maximum atomic E-state index is 12.6. The normalized spacial score (nSPS) is 14.3. The molecule has 0 atom stereocenters. The van der Waals surface area contributed by atoms with Gasteiger partial charge >= 0.3 is 0 Å². The van der Waals surface area contributed by atoms with Crippen molar-refractivity contribution in [2.75, 3.05) is 103 Å². The highest BCUT2D eigenvalue weighted by molar-refractivity contribution is 14.1. The fourth-order valence-electron chi connectivity index (χ4n) is 6.21. The number of ketones is 1. The number of hydrogen-bond acceptors (Lipinski definition) is 13. The minimum atomic E-state index is -4.00. The number of halogens is 5. The number of carbonyl (C=O) groups is 2. The lowest BCUT2D eigenvalue weighted by Gasteiger charge is -2.28. The van der Waals surface area contributed by atoms with Crippen LogP contribution >= 0.6 is 77.7 Å². The molecule has 390 valence electrons. The van der Waals surface area contributed by atoms with Gasteiger partial charge in [0.15, 0.2) is 5.78 Å². The van der Waals surface area contributed by atoms with Gasteiger partial charge in [0, 0.05) is 86.9 Å². The molecule has 3 aliphatic heterocycles. The van der Waals surface area contributed by atoms with Crippen LogP contribution in [0.25, 0.3) is 0 Å². The minimum Gasteiger partial charge on any atom is -0.379 e. The van der Waals surface area contributed by atoms with E-state index in [1.807, 2.05) is 24.3 Å². The number of nitrogens with zero attached hydrogens (tertiary/aromatic N) is 3. The van der Waals surface area contributed by atoms with Gasteiger partial charge in [-0.3, -0.25) is 14.4 Å². The van der Waals surface area contributed by atoms with Crippen LogP contribution < -0.4 is 25.4 Å². The Hall–Kier alpha value is -3.27. The average Bonchev–Trinajstić information content (AvgIpc) is 3.36. The molecule has 16 nitrogen and oxygen atoms in total. The number of hydrogen-bond donors (Lipinski definition) is 3. The van der Waals surface area contributed by atoms with Crippen molar-refractivity contribution in [2.24, 2.45) is 10.3 Å². The van der Waals surface area contributed by atoms with Crippen molar-refractivity contribution in [3.63, 3.8) is 0 Å². The first-order valence-corrected chi connectivity index (χ1v) is 27.5. The van der Waals surface area contributed by atoms with Gasteiger partial charge in [-0.05, 0) is 132 Å². The van der Waals surface area contributed by atoms with Crippen LogP contribution in [-0.2, 0) is 39.1 Å². The fraction of sp³-hybridized carbons (Fsp3) is 0.333. The highest BCUT2D eigenvalue weighted by Gasteiger charge is 2.20. The van der Waals surface area contributed by atoms with Crippen molar-refractivity contribution < 1.29 is 45.5 Å². The number of primary sulfonamides is 2. The average molecular weight is 1300 g/mol. The molecule has 5 N–H and O–H groups in total. The molecule has 23 heteroatoms. The molecule has 71 heavy (non-hydrogen) atoms. The van der Waals surface area contributed by atoms with Gasteiger partial charge in [0.25, 0.3) is 5.91 Å². The van der Waals surface area contributed by atoms with Crippen LogP contribution in [0, 0.1) is 3.57 Å². The number of carbonyl (C=O) groups excluding carboxylic acids is 2. The zero-order valence-corrected chi connectivity index (χ0v) is 46.1. The Bertz CT molecular complexity index is 2620. The monoisotopic (exact) mass is 1300 g/mol. The van der Waals surface area contributed by atoms with E-state index in [1.165, 1.54) is 53.7 Å². The van der Waals surface area contributed by atoms with Crippen LogP contribution in [0.4, 0.5) is 11.4 Å². The number of nitrogens with one attached hydrogen (secondary N) is 1. The quantitative estimate of drug-likeness (QED) is 0.0753. The molecule has 1 amide bonds. The van der Waals surface area contributed by atoms with E-state index in [4.69, 9.17) is 52.5 Å². The van der Waals surface area contributed by atoms with Crippen LogP contribution in [0.5, 0.6) is 0 Å². The number of morpholine rings is 3. The van der Waals surface area contributed by atoms with Crippen molar-refractivity contribution in [3.05, 3.63) is 148 Å². The molecule has 3 fully saturated rings. The summed E-state index contributed by atoms with van der Waals surface area (Å²) in [6, 6.07) is 31.6. The van der Waals surface area contributed by atoms with Crippen LogP contribution in [0.1, 0.15) is 41.1 Å². The predicted octanol–water partition coefficient (Wildman–Crippen LogP) is 8.89. The van der Waals surface area contributed by atoms with Crippen molar-refractivity contribution in [1.82, 2.24) is 10.4 Å². The number of hydroxylamine groups is 2. The SMILES string of the molecule is Brc1ccc(I)cc1.Brc1ccc(N2CCOCC2)cc1.C.C.C1COCCN1.CON(C)C(=O)c1ccc(Cl)c(S(N)(=O)=O)c1.NS(=O)(=O)c1cc(C(=O)c2ccc(N3CCOCC3)cc2)ccc1Cl. The van der Waals surface area contributed by atoms with Crippen molar-refractivity contribution in [1.29, 1.82) is 0 Å². The molecule has 0 saturated carbocycles. The van der Waals surface area contributed by atoms with E-state index in [0.29, 0.717) is 18.8 Å². The summed E-state index contributed by atoms with van der Waals surface area (Å²) >= 11 is 20.6. The first-order valence-electron chi connectivity index (χ1n) is 21.0. The molecule has 0 unspecified atom stereocenters. The van der Waals surface area contributed by atoms with Crippen molar-refractivity contribution in [2.45, 2.75) is 24.6 Å². The van der Waals surface area contributed by atoms with E-state index in [9.17, 15) is 26.4 Å². The second kappa shape index (κ2) is 32.1. The fourth-order valence-corrected chi connectivity index (χ4v) is 9.24. The second-order valence-corrected chi connectivity index (χ2v) is 21.7. The molecule has 0 bridgehead atoms. The molecule has 0 radical (unpaired) electrons. The molecule has 8 rings (SSSR count). The third kappa shape index (κ3) is 22.0. The molecular formula is C48H61Br2Cl2IN6O10S2. The van der Waals surface area contributed by atoms with Crippen LogP contribution in [-0.4, -0.2) is 127 Å². The van der Waals surface area contributed by atoms with Gasteiger partial charge in [0.2, 0.25) is 20.0 Å². The van der Waals surface area contributed by atoms with Crippen molar-refractivity contribution >= 4 is 121 Å². The van der Waals surface area contributed by atoms with Gasteiger partial charge in [-0.1, -0.05) is 69.9 Å². The summed E-state index contributed by atoms with van der Waals surface area (Å²) in [5.41, 5.74) is 3.09. The molecule has 0 aromatic heterocycles. The van der Waals surface area contributed by atoms with Gasteiger partial charge < -0.3 is 29.3 Å². The Morgan fingerprint density at radius 1 is 0.620 bits per heavy atom. The van der Waals surface area contributed by atoms with E-state index >= 15 is 0 Å². The lowest BCUT2D eigenvalue weighted by Crippen LogP contribution is -2.36. The van der Waals surface area contributed by atoms with E-state index in [-0.39, 0.29) is 51.6 Å². The van der Waals surface area contributed by atoms with Gasteiger partial charge in [0.05, 0.1) is 56.8 Å². The molecule has 0 spiro atoms. The number of rotatable bonds is 8. The number of benzene rings is 5. The van der Waals surface area contributed by atoms with Gasteiger partial charge in [-0.25, -0.2) is 32.2 Å². The molecular weight excluding hydrogens is 1240 g/mol. The topological polar surface area (TPSA) is 213 Å². The lowest BCUT2D eigenvalue weighted by molar-refractivity contribution is -0.0757. The van der Waals surface area contributed by atoms with Crippen LogP contribution in [0.2, 0.25) is 10.0 Å². The third-order valence-corrected chi connectivity index (χ3v) is 14.5. The Balaban J connectivity index is 0.000000327. The maximum Gasteiger partial charge on any atom is 0.277 e. The third-order valence-electron chi connectivity index (χ3n) is 9.90. The number of ether oxygens (including phenoxy) is 3. The smallest absolute Gasteiger partial charge is 0.277 e. The van der Waals surface area contributed by atoms with Gasteiger partial charge in [-0.15, -0.1) is 0 Å². The van der Waals surface area contributed by atoms with E-state index in [2.05, 4.69) is 106 Å². The minimum absolute atomic E-state index is 0. The second-order valence-electron chi connectivity index (χ2n) is 14.7. The van der Waals surface area contributed by atoms with Crippen molar-refractivity contribution in [3.8, 4) is 0 Å². The van der Waals surface area contributed by atoms with E-state index in [0.717, 1.165) is 91.5 Å². The Morgan fingerprint density at radius 2 is 0.986 bits per heavy atom. The largest absolute Gasteiger partial charge is 0.379 e. The Morgan fingerprint density at radius 3 is 1.35 bits per heavy atom. The predicted molar refractivity (Wildman–Crippen MR) is 299 cm³/mol. The maximum absolute atomic E-state index is 12.6.